The summed E-state index contributed by atoms with van der Waals surface area (Å²) in [6, 6.07) is 5.59. The summed E-state index contributed by atoms with van der Waals surface area (Å²) in [6.45, 7) is 10.7. The van der Waals surface area contributed by atoms with Crippen LogP contribution in [-0.2, 0) is 16.0 Å². The lowest BCUT2D eigenvalue weighted by Crippen LogP contribution is -2.44. The molecule has 0 radical (unpaired) electrons. The maximum atomic E-state index is 11.9. The van der Waals surface area contributed by atoms with Crippen molar-refractivity contribution in [2.45, 2.75) is 65.2 Å². The van der Waals surface area contributed by atoms with Crippen molar-refractivity contribution in [1.29, 1.82) is 5.26 Å². The number of nitriles is 1. The van der Waals surface area contributed by atoms with Crippen LogP contribution in [0.25, 0.3) is 0 Å². The zero-order chi connectivity index (χ0) is 20.1. The summed E-state index contributed by atoms with van der Waals surface area (Å²) in [5.74, 6) is -0.742. The topological polar surface area (TPSA) is 109 Å². The molecule has 7 nitrogen and oxygen atoms in total. The molecule has 1 aromatic carbocycles. The number of aliphatic carboxylic acids is 1. The average Bonchev–Trinajstić information content (AvgIpc) is 2.44. The van der Waals surface area contributed by atoms with Crippen molar-refractivity contribution in [2.75, 3.05) is 0 Å². The molecule has 2 N–H and O–H groups in total. The maximum Gasteiger partial charge on any atom is 0.408 e. The van der Waals surface area contributed by atoms with Crippen molar-refractivity contribution < 1.29 is 24.2 Å². The van der Waals surface area contributed by atoms with Crippen LogP contribution in [-0.4, -0.2) is 34.4 Å². The Labute approximate surface area is 153 Å². The highest BCUT2D eigenvalue weighted by Crippen LogP contribution is 2.26. The van der Waals surface area contributed by atoms with E-state index in [9.17, 15) is 14.7 Å². The van der Waals surface area contributed by atoms with E-state index in [1.54, 1.807) is 39.0 Å². The number of hydrogen-bond donors (Lipinski definition) is 2. The first-order chi connectivity index (χ1) is 11.8. The summed E-state index contributed by atoms with van der Waals surface area (Å²) in [5.41, 5.74) is -0.348. The summed E-state index contributed by atoms with van der Waals surface area (Å²) in [4.78, 5) is 23.5. The van der Waals surface area contributed by atoms with Crippen molar-refractivity contribution in [2.24, 2.45) is 0 Å². The fraction of sp³-hybridized carbons (Fsp3) is 0.526. The zero-order valence-corrected chi connectivity index (χ0v) is 16.0. The molecule has 0 aromatic heterocycles. The minimum absolute atomic E-state index is 0.0461. The standard InChI is InChI=1S/C19H26N2O5/c1-18(2,3)25-15-8-7-12(11-20)9-13(15)10-14(16(22)23)21-17(24)26-19(4,5)6/h7-9,14H,10H2,1-6H3,(H,21,24)(H,22,23)/t14-/m0/s1. The van der Waals surface area contributed by atoms with Crippen LogP contribution in [0.2, 0.25) is 0 Å². The number of alkyl carbamates (subject to hydrolysis) is 1. The summed E-state index contributed by atoms with van der Waals surface area (Å²) in [5, 5.41) is 20.9. The third kappa shape index (κ3) is 7.43. The molecule has 0 spiro atoms. The van der Waals surface area contributed by atoms with Gasteiger partial charge >= 0.3 is 12.1 Å². The molecule has 1 aromatic rings. The number of benzene rings is 1. The van der Waals surface area contributed by atoms with Gasteiger partial charge < -0.3 is 19.9 Å². The molecule has 1 rings (SSSR count). The lowest BCUT2D eigenvalue weighted by Gasteiger charge is -2.25. The molecule has 0 fully saturated rings. The quantitative estimate of drug-likeness (QED) is 0.832. The van der Waals surface area contributed by atoms with Crippen molar-refractivity contribution >= 4 is 12.1 Å². The molecule has 7 heteroatoms. The third-order valence-corrected chi connectivity index (χ3v) is 3.02. The molecule has 26 heavy (non-hydrogen) atoms. The number of carboxylic acids is 1. The summed E-state index contributed by atoms with van der Waals surface area (Å²) < 4.78 is 11.0. The van der Waals surface area contributed by atoms with E-state index >= 15 is 0 Å². The second-order valence-corrected chi connectivity index (χ2v) is 7.89. The van der Waals surface area contributed by atoms with Gasteiger partial charge in [-0.3, -0.25) is 0 Å². The van der Waals surface area contributed by atoms with E-state index in [1.165, 1.54) is 0 Å². The number of ether oxygens (including phenoxy) is 2. The van der Waals surface area contributed by atoms with E-state index in [-0.39, 0.29) is 6.42 Å². The Morgan fingerprint density at radius 2 is 1.81 bits per heavy atom. The molecule has 1 atom stereocenters. The van der Waals surface area contributed by atoms with Gasteiger partial charge in [0.1, 0.15) is 23.0 Å². The van der Waals surface area contributed by atoms with Crippen LogP contribution in [0, 0.1) is 11.3 Å². The molecular weight excluding hydrogens is 336 g/mol. The van der Waals surface area contributed by atoms with Gasteiger partial charge in [-0.1, -0.05) is 0 Å². The predicted octanol–water partition coefficient (Wildman–Crippen LogP) is 3.26. The molecule has 0 unspecified atom stereocenters. The fourth-order valence-corrected chi connectivity index (χ4v) is 2.11. The largest absolute Gasteiger partial charge is 0.488 e. The lowest BCUT2D eigenvalue weighted by atomic mass is 10.0. The summed E-state index contributed by atoms with van der Waals surface area (Å²) >= 11 is 0. The van der Waals surface area contributed by atoms with Crippen LogP contribution in [0.4, 0.5) is 4.79 Å². The van der Waals surface area contributed by atoms with E-state index in [0.717, 1.165) is 0 Å². The number of rotatable bonds is 5. The van der Waals surface area contributed by atoms with Crippen LogP contribution in [0.15, 0.2) is 18.2 Å². The number of amides is 1. The molecule has 0 bridgehead atoms. The Morgan fingerprint density at radius 3 is 2.27 bits per heavy atom. The van der Waals surface area contributed by atoms with Gasteiger partial charge in [0, 0.05) is 6.42 Å². The van der Waals surface area contributed by atoms with E-state index < -0.39 is 29.3 Å². The van der Waals surface area contributed by atoms with Crippen LogP contribution in [0.3, 0.4) is 0 Å². The number of carboxylic acid groups (broad SMARTS) is 1. The minimum Gasteiger partial charge on any atom is -0.488 e. The highest BCUT2D eigenvalue weighted by atomic mass is 16.6. The van der Waals surface area contributed by atoms with Gasteiger partial charge in [-0.2, -0.15) is 5.26 Å². The van der Waals surface area contributed by atoms with Gasteiger partial charge in [-0.25, -0.2) is 9.59 Å². The van der Waals surface area contributed by atoms with Crippen LogP contribution in [0.5, 0.6) is 5.75 Å². The van der Waals surface area contributed by atoms with E-state index in [1.807, 2.05) is 26.8 Å². The summed E-state index contributed by atoms with van der Waals surface area (Å²) in [6.07, 6.45) is -0.866. The molecule has 1 amide bonds. The van der Waals surface area contributed by atoms with E-state index in [0.29, 0.717) is 16.9 Å². The third-order valence-electron chi connectivity index (χ3n) is 3.02. The monoisotopic (exact) mass is 362 g/mol. The van der Waals surface area contributed by atoms with Crippen LogP contribution in [0.1, 0.15) is 52.7 Å². The Hall–Kier alpha value is -2.75. The maximum absolute atomic E-state index is 11.9. The number of nitrogens with one attached hydrogen (secondary N) is 1. The molecule has 0 aliphatic heterocycles. The average molecular weight is 362 g/mol. The lowest BCUT2D eigenvalue weighted by molar-refractivity contribution is -0.139. The molecule has 0 aliphatic carbocycles. The van der Waals surface area contributed by atoms with Gasteiger partial charge in [-0.05, 0) is 65.3 Å². The normalized spacial score (nSPS) is 12.7. The highest BCUT2D eigenvalue weighted by Gasteiger charge is 2.26. The number of carbonyl (C=O) groups is 2. The molecule has 0 saturated carbocycles. The Balaban J connectivity index is 3.08. The van der Waals surface area contributed by atoms with E-state index in [2.05, 4.69) is 5.32 Å². The van der Waals surface area contributed by atoms with Crippen molar-refractivity contribution in [3.05, 3.63) is 29.3 Å². The zero-order valence-electron chi connectivity index (χ0n) is 16.0. The van der Waals surface area contributed by atoms with Crippen molar-refractivity contribution in [1.82, 2.24) is 5.32 Å². The number of hydrogen-bond acceptors (Lipinski definition) is 5. The number of carbonyl (C=O) groups excluding carboxylic acids is 1. The molecular formula is C19H26N2O5. The SMILES string of the molecule is CC(C)(C)OC(=O)N[C@@H](Cc1cc(C#N)ccc1OC(C)(C)C)C(=O)O. The summed E-state index contributed by atoms with van der Waals surface area (Å²) in [7, 11) is 0. The smallest absolute Gasteiger partial charge is 0.408 e. The van der Waals surface area contributed by atoms with Gasteiger partial charge in [0.15, 0.2) is 0 Å². The fourth-order valence-electron chi connectivity index (χ4n) is 2.11. The molecule has 142 valence electrons. The van der Waals surface area contributed by atoms with Crippen molar-refractivity contribution in [3.8, 4) is 11.8 Å². The predicted molar refractivity (Wildman–Crippen MR) is 96.0 cm³/mol. The van der Waals surface area contributed by atoms with Gasteiger partial charge in [0.25, 0.3) is 0 Å². The van der Waals surface area contributed by atoms with Gasteiger partial charge in [0.05, 0.1) is 11.6 Å². The van der Waals surface area contributed by atoms with Gasteiger partial charge in [-0.15, -0.1) is 0 Å². The van der Waals surface area contributed by atoms with Gasteiger partial charge in [0.2, 0.25) is 0 Å². The second-order valence-electron chi connectivity index (χ2n) is 7.89. The first-order valence-corrected chi connectivity index (χ1v) is 8.25. The van der Waals surface area contributed by atoms with Crippen LogP contribution < -0.4 is 10.1 Å². The first-order valence-electron chi connectivity index (χ1n) is 8.25. The molecule has 0 aliphatic rings. The Kier molecular flexibility index (Phi) is 6.62. The minimum atomic E-state index is -1.22. The van der Waals surface area contributed by atoms with Crippen LogP contribution >= 0.6 is 0 Å². The molecule has 0 heterocycles. The first kappa shape index (κ1) is 21.3. The Morgan fingerprint density at radius 1 is 1.19 bits per heavy atom. The van der Waals surface area contributed by atoms with E-state index in [4.69, 9.17) is 14.7 Å². The second kappa shape index (κ2) is 8.09. The highest BCUT2D eigenvalue weighted by molar-refractivity contribution is 5.80. The van der Waals surface area contributed by atoms with Crippen molar-refractivity contribution in [3.63, 3.8) is 0 Å². The Bertz CT molecular complexity index is 708. The molecule has 0 saturated heterocycles. The number of nitrogens with zero attached hydrogens (tertiary/aromatic N) is 1.